The molecule has 2 N–H and O–H groups in total. The van der Waals surface area contributed by atoms with Crippen LogP contribution in [0.15, 0.2) is 48.0 Å². The zero-order valence-electron chi connectivity index (χ0n) is 14.8. The van der Waals surface area contributed by atoms with E-state index < -0.39 is 5.91 Å². The highest BCUT2D eigenvalue weighted by Gasteiger charge is 2.15. The Morgan fingerprint density at radius 2 is 1.77 bits per heavy atom. The molecule has 1 amide bonds. The van der Waals surface area contributed by atoms with E-state index in [1.54, 1.807) is 0 Å². The van der Waals surface area contributed by atoms with Gasteiger partial charge in [-0.3, -0.25) is 4.79 Å². The second-order valence-corrected chi connectivity index (χ2v) is 5.55. The van der Waals surface area contributed by atoms with E-state index in [0.29, 0.717) is 5.56 Å². The number of phenolic OH excluding ortho intramolecular Hbond substituents is 1. The Hall–Kier alpha value is -3.46. The van der Waals surface area contributed by atoms with Gasteiger partial charge in [0, 0.05) is 0 Å². The van der Waals surface area contributed by atoms with E-state index in [9.17, 15) is 15.2 Å². The minimum Gasteiger partial charge on any atom is -0.502 e. The van der Waals surface area contributed by atoms with Crippen LogP contribution in [0, 0.1) is 11.3 Å². The van der Waals surface area contributed by atoms with Crippen LogP contribution in [0.4, 0.5) is 0 Å². The largest absolute Gasteiger partial charge is 0.502 e. The van der Waals surface area contributed by atoms with Crippen molar-refractivity contribution in [3.05, 3.63) is 59.2 Å². The molecule has 0 spiro atoms. The van der Waals surface area contributed by atoms with Crippen molar-refractivity contribution in [3.8, 4) is 23.3 Å². The van der Waals surface area contributed by atoms with Crippen molar-refractivity contribution in [2.24, 2.45) is 0 Å². The highest BCUT2D eigenvalue weighted by atomic mass is 16.5. The van der Waals surface area contributed by atoms with Gasteiger partial charge in [0.2, 0.25) is 5.75 Å². The van der Waals surface area contributed by atoms with Gasteiger partial charge in [0.25, 0.3) is 5.91 Å². The van der Waals surface area contributed by atoms with Crippen LogP contribution in [0.25, 0.3) is 6.08 Å². The number of carbonyl (C=O) groups excluding carboxylic acids is 1. The third-order valence-corrected chi connectivity index (χ3v) is 3.83. The van der Waals surface area contributed by atoms with E-state index >= 15 is 0 Å². The Morgan fingerprint density at radius 1 is 1.19 bits per heavy atom. The Morgan fingerprint density at radius 3 is 2.27 bits per heavy atom. The molecule has 6 heteroatoms. The van der Waals surface area contributed by atoms with E-state index in [-0.39, 0.29) is 28.9 Å². The van der Waals surface area contributed by atoms with Crippen LogP contribution in [0.5, 0.6) is 17.2 Å². The van der Waals surface area contributed by atoms with Crippen molar-refractivity contribution in [2.75, 3.05) is 14.2 Å². The molecule has 0 fully saturated rings. The summed E-state index contributed by atoms with van der Waals surface area (Å²) in [6, 6.07) is 14.1. The molecule has 0 saturated carbocycles. The smallest absolute Gasteiger partial charge is 0.262 e. The standard InChI is InChI=1S/C20H20N2O4/c1-13(15-7-5-4-6-8-15)22-20(24)16(12-21)9-14-10-17(25-2)19(23)18(11-14)26-3/h4-11,13,23H,1-3H3,(H,22,24)/b16-9+. The fraction of sp³-hybridized carbons (Fsp3) is 0.200. The molecule has 0 heterocycles. The molecule has 1 atom stereocenters. The van der Waals surface area contributed by atoms with Crippen LogP contribution in [-0.4, -0.2) is 25.2 Å². The van der Waals surface area contributed by atoms with Gasteiger partial charge in [-0.1, -0.05) is 30.3 Å². The van der Waals surface area contributed by atoms with Crippen LogP contribution in [0.3, 0.4) is 0 Å². The molecule has 2 aromatic carbocycles. The highest BCUT2D eigenvalue weighted by molar-refractivity contribution is 6.02. The van der Waals surface area contributed by atoms with Gasteiger partial charge in [0.1, 0.15) is 11.6 Å². The normalized spacial score (nSPS) is 12.0. The first-order valence-electron chi connectivity index (χ1n) is 7.92. The van der Waals surface area contributed by atoms with E-state index in [4.69, 9.17) is 9.47 Å². The maximum atomic E-state index is 12.4. The molecule has 2 rings (SSSR count). The number of methoxy groups -OCH3 is 2. The van der Waals surface area contributed by atoms with E-state index in [0.717, 1.165) is 5.56 Å². The molecular weight excluding hydrogens is 332 g/mol. The molecule has 0 aliphatic carbocycles. The lowest BCUT2D eigenvalue weighted by molar-refractivity contribution is -0.117. The van der Waals surface area contributed by atoms with Crippen molar-refractivity contribution >= 4 is 12.0 Å². The molecule has 0 bridgehead atoms. The molecular formula is C20H20N2O4. The molecule has 0 radical (unpaired) electrons. The lowest BCUT2D eigenvalue weighted by Crippen LogP contribution is -2.27. The molecule has 0 saturated heterocycles. The van der Waals surface area contributed by atoms with Gasteiger partial charge >= 0.3 is 0 Å². The Bertz CT molecular complexity index is 829. The number of hydrogen-bond donors (Lipinski definition) is 2. The number of ether oxygens (including phenoxy) is 2. The topological polar surface area (TPSA) is 91.6 Å². The van der Waals surface area contributed by atoms with Gasteiger partial charge in [-0.2, -0.15) is 5.26 Å². The summed E-state index contributed by atoms with van der Waals surface area (Å²) < 4.78 is 10.2. The first-order chi connectivity index (χ1) is 12.5. The predicted molar refractivity (Wildman–Crippen MR) is 97.8 cm³/mol. The lowest BCUT2D eigenvalue weighted by atomic mass is 10.1. The van der Waals surface area contributed by atoms with Gasteiger partial charge < -0.3 is 19.9 Å². The van der Waals surface area contributed by atoms with E-state index in [1.807, 2.05) is 43.3 Å². The number of aromatic hydroxyl groups is 1. The summed E-state index contributed by atoms with van der Waals surface area (Å²) in [4.78, 5) is 12.4. The number of nitriles is 1. The molecule has 0 aliphatic heterocycles. The van der Waals surface area contributed by atoms with Crippen molar-refractivity contribution in [1.82, 2.24) is 5.32 Å². The fourth-order valence-electron chi connectivity index (χ4n) is 2.41. The molecule has 1 unspecified atom stereocenters. The van der Waals surface area contributed by atoms with Gasteiger partial charge in [0.15, 0.2) is 11.5 Å². The zero-order chi connectivity index (χ0) is 19.1. The van der Waals surface area contributed by atoms with Crippen molar-refractivity contribution in [2.45, 2.75) is 13.0 Å². The molecule has 2 aromatic rings. The number of benzene rings is 2. The monoisotopic (exact) mass is 352 g/mol. The number of nitrogens with one attached hydrogen (secondary N) is 1. The summed E-state index contributed by atoms with van der Waals surface area (Å²) in [7, 11) is 2.81. The number of hydrogen-bond acceptors (Lipinski definition) is 5. The second kappa shape index (κ2) is 8.58. The SMILES string of the molecule is COc1cc(/C=C(\C#N)C(=O)NC(C)c2ccccc2)cc(OC)c1O. The van der Waals surface area contributed by atoms with Gasteiger partial charge in [-0.25, -0.2) is 0 Å². The van der Waals surface area contributed by atoms with Gasteiger partial charge in [0.05, 0.1) is 20.3 Å². The van der Waals surface area contributed by atoms with Crippen molar-refractivity contribution in [1.29, 1.82) is 5.26 Å². The minimum atomic E-state index is -0.491. The summed E-state index contributed by atoms with van der Waals surface area (Å²) in [6.45, 7) is 1.84. The number of nitrogens with zero attached hydrogens (tertiary/aromatic N) is 1. The van der Waals surface area contributed by atoms with E-state index in [2.05, 4.69) is 5.32 Å². The Kier molecular flexibility index (Phi) is 6.23. The number of rotatable bonds is 6. The molecule has 0 aliphatic rings. The zero-order valence-corrected chi connectivity index (χ0v) is 14.8. The summed E-state index contributed by atoms with van der Waals surface area (Å²) in [6.07, 6.45) is 1.41. The summed E-state index contributed by atoms with van der Waals surface area (Å²) >= 11 is 0. The first kappa shape index (κ1) is 18.9. The Labute approximate surface area is 152 Å². The van der Waals surface area contributed by atoms with Crippen LogP contribution < -0.4 is 14.8 Å². The maximum Gasteiger partial charge on any atom is 0.262 e. The quantitative estimate of drug-likeness (QED) is 0.615. The summed E-state index contributed by atoms with van der Waals surface area (Å²) in [5.41, 5.74) is 1.37. The average Bonchev–Trinajstić information content (AvgIpc) is 2.67. The second-order valence-electron chi connectivity index (χ2n) is 5.55. The fourth-order valence-corrected chi connectivity index (χ4v) is 2.41. The van der Waals surface area contributed by atoms with Gasteiger partial charge in [-0.05, 0) is 36.3 Å². The number of carbonyl (C=O) groups is 1. The average molecular weight is 352 g/mol. The highest BCUT2D eigenvalue weighted by Crippen LogP contribution is 2.37. The van der Waals surface area contributed by atoms with Crippen molar-refractivity contribution < 1.29 is 19.4 Å². The van der Waals surface area contributed by atoms with Crippen LogP contribution in [0.1, 0.15) is 24.1 Å². The number of amides is 1. The first-order valence-corrected chi connectivity index (χ1v) is 7.92. The van der Waals surface area contributed by atoms with E-state index in [1.165, 1.54) is 32.4 Å². The molecule has 134 valence electrons. The van der Waals surface area contributed by atoms with Gasteiger partial charge in [-0.15, -0.1) is 0 Å². The third kappa shape index (κ3) is 4.33. The minimum absolute atomic E-state index is 0.0671. The van der Waals surface area contributed by atoms with Crippen LogP contribution in [0.2, 0.25) is 0 Å². The molecule has 0 aromatic heterocycles. The lowest BCUT2D eigenvalue weighted by Gasteiger charge is -2.14. The summed E-state index contributed by atoms with van der Waals surface area (Å²) in [5.74, 6) is -0.264. The summed E-state index contributed by atoms with van der Waals surface area (Å²) in [5, 5.41) is 22.1. The van der Waals surface area contributed by atoms with Crippen molar-refractivity contribution in [3.63, 3.8) is 0 Å². The maximum absolute atomic E-state index is 12.4. The predicted octanol–water partition coefficient (Wildman–Crippen LogP) is 3.19. The van der Waals surface area contributed by atoms with Crippen LogP contribution in [-0.2, 0) is 4.79 Å². The third-order valence-electron chi connectivity index (χ3n) is 3.83. The Balaban J connectivity index is 2.27. The van der Waals surface area contributed by atoms with Crippen LogP contribution >= 0.6 is 0 Å². The molecule has 6 nitrogen and oxygen atoms in total. The number of phenols is 1. The molecule has 26 heavy (non-hydrogen) atoms.